The van der Waals surface area contributed by atoms with Crippen LogP contribution in [0.3, 0.4) is 0 Å². The molecule has 0 saturated carbocycles. The summed E-state index contributed by atoms with van der Waals surface area (Å²) in [5.74, 6) is -0.979. The molecular weight excluding hydrogens is 358 g/mol. The van der Waals surface area contributed by atoms with Gasteiger partial charge in [-0.05, 0) is 37.1 Å². The first kappa shape index (κ1) is 19.6. The van der Waals surface area contributed by atoms with Crippen molar-refractivity contribution in [3.05, 3.63) is 59.2 Å². The van der Waals surface area contributed by atoms with Crippen LogP contribution in [0.1, 0.15) is 27.9 Å². The fourth-order valence-corrected chi connectivity index (χ4v) is 3.45. The predicted octanol–water partition coefficient (Wildman–Crippen LogP) is 3.09. The van der Waals surface area contributed by atoms with Gasteiger partial charge in [0.05, 0.1) is 13.0 Å². The second-order valence-electron chi connectivity index (χ2n) is 6.91. The molecule has 2 aromatic rings. The van der Waals surface area contributed by atoms with Crippen LogP contribution < -0.4 is 9.64 Å². The molecule has 3 rings (SSSR count). The molecule has 1 aliphatic rings. The molecule has 1 atom stereocenters. The minimum absolute atomic E-state index is 0.0833. The maximum atomic E-state index is 12.5. The molecule has 146 valence electrons. The first-order valence-corrected chi connectivity index (χ1v) is 9.11. The smallest absolute Gasteiger partial charge is 0.311 e. The molecule has 1 fully saturated rings. The van der Waals surface area contributed by atoms with Crippen LogP contribution in [0, 0.1) is 19.8 Å². The van der Waals surface area contributed by atoms with Crippen molar-refractivity contribution in [3.63, 3.8) is 0 Å². The van der Waals surface area contributed by atoms with Crippen molar-refractivity contribution in [2.45, 2.75) is 20.3 Å². The van der Waals surface area contributed by atoms with Gasteiger partial charge in [0.15, 0.2) is 12.4 Å². The van der Waals surface area contributed by atoms with Gasteiger partial charge in [0.1, 0.15) is 5.75 Å². The number of esters is 1. The van der Waals surface area contributed by atoms with E-state index in [0.717, 1.165) is 16.8 Å². The fourth-order valence-electron chi connectivity index (χ4n) is 3.45. The van der Waals surface area contributed by atoms with Gasteiger partial charge >= 0.3 is 5.97 Å². The highest BCUT2D eigenvalue weighted by atomic mass is 16.5. The minimum atomic E-state index is -0.579. The number of aryl methyl sites for hydroxylation is 2. The van der Waals surface area contributed by atoms with Crippen LogP contribution in [0.5, 0.6) is 5.75 Å². The van der Waals surface area contributed by atoms with Crippen molar-refractivity contribution in [1.29, 1.82) is 0 Å². The second kappa shape index (κ2) is 8.25. The Bertz CT molecular complexity index is 901. The summed E-state index contributed by atoms with van der Waals surface area (Å²) in [5, 5.41) is 0. The number of methoxy groups -OCH3 is 1. The number of hydrogen-bond acceptors (Lipinski definition) is 5. The van der Waals surface area contributed by atoms with E-state index in [9.17, 15) is 14.4 Å². The van der Waals surface area contributed by atoms with Gasteiger partial charge in [0.2, 0.25) is 5.91 Å². The number of rotatable bonds is 6. The van der Waals surface area contributed by atoms with Crippen molar-refractivity contribution < 1.29 is 23.9 Å². The number of para-hydroxylation sites is 1. The summed E-state index contributed by atoms with van der Waals surface area (Å²) in [4.78, 5) is 38.8. The largest absolute Gasteiger partial charge is 0.497 e. The first-order chi connectivity index (χ1) is 13.4. The number of carbonyl (C=O) groups is 3. The van der Waals surface area contributed by atoms with E-state index in [1.54, 1.807) is 29.2 Å². The Hall–Kier alpha value is -3.15. The number of anilines is 1. The fraction of sp³-hybridized carbons (Fsp3) is 0.318. The lowest BCUT2D eigenvalue weighted by Gasteiger charge is -2.21. The van der Waals surface area contributed by atoms with Crippen LogP contribution >= 0.6 is 0 Å². The third-order valence-corrected chi connectivity index (χ3v) is 4.91. The summed E-state index contributed by atoms with van der Waals surface area (Å²) in [6, 6.07) is 12.5. The van der Waals surface area contributed by atoms with Crippen LogP contribution in [0.4, 0.5) is 5.69 Å². The number of carbonyl (C=O) groups excluding carboxylic acids is 3. The van der Waals surface area contributed by atoms with Crippen molar-refractivity contribution in [2.75, 3.05) is 25.2 Å². The summed E-state index contributed by atoms with van der Waals surface area (Å²) >= 11 is 0. The molecular formula is C22H23NO5. The van der Waals surface area contributed by atoms with E-state index in [1.165, 1.54) is 7.11 Å². The normalized spacial score (nSPS) is 16.2. The molecule has 6 nitrogen and oxygen atoms in total. The van der Waals surface area contributed by atoms with Gasteiger partial charge in [0, 0.05) is 24.2 Å². The topological polar surface area (TPSA) is 72.9 Å². The molecule has 0 aliphatic carbocycles. The first-order valence-electron chi connectivity index (χ1n) is 9.11. The number of hydrogen-bond donors (Lipinski definition) is 0. The van der Waals surface area contributed by atoms with E-state index in [-0.39, 0.29) is 31.3 Å². The Kier molecular flexibility index (Phi) is 5.78. The third-order valence-electron chi connectivity index (χ3n) is 4.91. The third kappa shape index (κ3) is 4.06. The highest BCUT2D eigenvalue weighted by Crippen LogP contribution is 2.31. The Morgan fingerprint density at radius 2 is 1.79 bits per heavy atom. The standard InChI is InChI=1S/C22H23NO5/c1-14-6-4-7-15(2)21(14)23-12-17(11-20(23)25)22(26)28-13-19(24)16-8-5-9-18(10-16)27-3/h4-10,17H,11-13H2,1-3H3/t17-/m1/s1. The van der Waals surface area contributed by atoms with Gasteiger partial charge < -0.3 is 14.4 Å². The van der Waals surface area contributed by atoms with E-state index in [4.69, 9.17) is 9.47 Å². The number of nitrogens with zero attached hydrogens (tertiary/aromatic N) is 1. The number of benzene rings is 2. The van der Waals surface area contributed by atoms with Gasteiger partial charge in [-0.25, -0.2) is 0 Å². The Morgan fingerprint density at radius 3 is 2.46 bits per heavy atom. The zero-order valence-electron chi connectivity index (χ0n) is 16.2. The molecule has 1 saturated heterocycles. The lowest BCUT2D eigenvalue weighted by Crippen LogP contribution is -2.28. The zero-order valence-corrected chi connectivity index (χ0v) is 16.2. The lowest BCUT2D eigenvalue weighted by molar-refractivity contribution is -0.147. The molecule has 0 radical (unpaired) electrons. The molecule has 0 spiro atoms. The average Bonchev–Trinajstić information content (AvgIpc) is 3.07. The number of Topliss-reactive ketones (excluding diaryl/α,β-unsaturated/α-hetero) is 1. The maximum absolute atomic E-state index is 12.5. The maximum Gasteiger partial charge on any atom is 0.311 e. The van der Waals surface area contributed by atoms with Gasteiger partial charge in [-0.2, -0.15) is 0 Å². The summed E-state index contributed by atoms with van der Waals surface area (Å²) < 4.78 is 10.3. The zero-order chi connectivity index (χ0) is 20.3. The SMILES string of the molecule is COc1cccc(C(=O)COC(=O)[C@@H]2CC(=O)N(c3c(C)cccc3C)C2)c1. The molecule has 28 heavy (non-hydrogen) atoms. The average molecular weight is 381 g/mol. The van der Waals surface area contributed by atoms with Crippen molar-refractivity contribution in [1.82, 2.24) is 0 Å². The van der Waals surface area contributed by atoms with Gasteiger partial charge in [-0.3, -0.25) is 14.4 Å². The lowest BCUT2D eigenvalue weighted by atomic mass is 10.1. The molecule has 1 aliphatic heterocycles. The highest BCUT2D eigenvalue weighted by molar-refractivity contribution is 6.01. The van der Waals surface area contributed by atoms with E-state index >= 15 is 0 Å². The monoisotopic (exact) mass is 381 g/mol. The van der Waals surface area contributed by atoms with Crippen molar-refractivity contribution >= 4 is 23.3 Å². The second-order valence-corrected chi connectivity index (χ2v) is 6.91. The Labute approximate surface area is 164 Å². The number of amides is 1. The molecule has 0 bridgehead atoms. The van der Waals surface area contributed by atoms with E-state index in [0.29, 0.717) is 11.3 Å². The summed E-state index contributed by atoms with van der Waals surface area (Å²) in [6.45, 7) is 3.78. The molecule has 2 aromatic carbocycles. The molecule has 1 heterocycles. The van der Waals surface area contributed by atoms with Crippen molar-refractivity contribution in [3.8, 4) is 5.75 Å². The number of ketones is 1. The number of ether oxygens (including phenoxy) is 2. The molecule has 0 aromatic heterocycles. The predicted molar refractivity (Wildman–Crippen MR) is 105 cm³/mol. The van der Waals surface area contributed by atoms with E-state index in [2.05, 4.69) is 0 Å². The van der Waals surface area contributed by atoms with Crippen molar-refractivity contribution in [2.24, 2.45) is 5.92 Å². The van der Waals surface area contributed by atoms with Crippen LogP contribution in [0.2, 0.25) is 0 Å². The van der Waals surface area contributed by atoms with Crippen LogP contribution in [-0.4, -0.2) is 37.9 Å². The molecule has 0 N–H and O–H groups in total. The summed E-state index contributed by atoms with van der Waals surface area (Å²) in [5.41, 5.74) is 3.22. The Balaban J connectivity index is 1.62. The highest BCUT2D eigenvalue weighted by Gasteiger charge is 2.37. The van der Waals surface area contributed by atoms with Gasteiger partial charge in [0.25, 0.3) is 0 Å². The molecule has 6 heteroatoms. The van der Waals surface area contributed by atoms with E-state index < -0.39 is 11.9 Å². The van der Waals surface area contributed by atoms with Crippen LogP contribution in [-0.2, 0) is 14.3 Å². The van der Waals surface area contributed by atoms with Crippen LogP contribution in [0.15, 0.2) is 42.5 Å². The van der Waals surface area contributed by atoms with E-state index in [1.807, 2.05) is 32.0 Å². The Morgan fingerprint density at radius 1 is 1.11 bits per heavy atom. The summed E-state index contributed by atoms with van der Waals surface area (Å²) in [6.07, 6.45) is 0.0833. The van der Waals surface area contributed by atoms with Gasteiger partial charge in [-0.1, -0.05) is 30.3 Å². The van der Waals surface area contributed by atoms with Crippen LogP contribution in [0.25, 0.3) is 0 Å². The molecule has 1 amide bonds. The quantitative estimate of drug-likeness (QED) is 0.568. The molecule has 0 unspecified atom stereocenters. The van der Waals surface area contributed by atoms with Gasteiger partial charge in [-0.15, -0.1) is 0 Å². The minimum Gasteiger partial charge on any atom is -0.497 e. The summed E-state index contributed by atoms with van der Waals surface area (Å²) in [7, 11) is 1.52.